The highest BCUT2D eigenvalue weighted by Crippen LogP contribution is 2.39. The van der Waals surface area contributed by atoms with Crippen LogP contribution in [-0.2, 0) is 0 Å². The number of aromatic nitrogens is 5. The monoisotopic (exact) mass is 294 g/mol. The molecule has 22 heavy (non-hydrogen) atoms. The van der Waals surface area contributed by atoms with E-state index >= 15 is 0 Å². The minimum absolute atomic E-state index is 0.168. The van der Waals surface area contributed by atoms with E-state index in [0.717, 1.165) is 5.56 Å². The summed E-state index contributed by atoms with van der Waals surface area (Å²) in [4.78, 5) is 4.23. The van der Waals surface area contributed by atoms with Crippen molar-refractivity contribution in [3.05, 3.63) is 59.7 Å². The maximum Gasteiger partial charge on any atom is 0.269 e. The van der Waals surface area contributed by atoms with E-state index in [1.165, 1.54) is 4.68 Å². The molecular weight excluding hydrogens is 283 g/mol. The number of halogens is 1. The second kappa shape index (κ2) is 4.77. The zero-order valence-electron chi connectivity index (χ0n) is 11.5. The molecule has 0 aliphatic carbocycles. The minimum atomic E-state index is -1.16. The molecule has 0 spiro atoms. The lowest BCUT2D eigenvalue weighted by atomic mass is 10.0. The Morgan fingerprint density at radius 3 is 2.73 bits per heavy atom. The minimum Gasteiger partial charge on any atom is -0.239 e. The smallest absolute Gasteiger partial charge is 0.239 e. The van der Waals surface area contributed by atoms with Gasteiger partial charge in [-0.2, -0.15) is 15.3 Å². The summed E-state index contributed by atoms with van der Waals surface area (Å²) < 4.78 is 17.2. The molecule has 7 heteroatoms. The average Bonchev–Trinajstić information content (AvgIpc) is 3.24. The Hall–Kier alpha value is -3.01. The first-order valence-electron chi connectivity index (χ1n) is 6.88. The first-order chi connectivity index (χ1) is 10.8. The summed E-state index contributed by atoms with van der Waals surface area (Å²) in [6, 6.07) is 13.0. The van der Waals surface area contributed by atoms with Crippen LogP contribution in [0, 0.1) is 11.3 Å². The third kappa shape index (κ3) is 1.89. The molecule has 0 N–H and O–H groups in total. The normalized spacial score (nSPS) is 19.8. The third-order valence-electron chi connectivity index (χ3n) is 3.74. The number of rotatable bonds is 2. The summed E-state index contributed by atoms with van der Waals surface area (Å²) in [6.45, 7) is 0. The van der Waals surface area contributed by atoms with E-state index in [1.54, 1.807) is 16.9 Å². The lowest BCUT2D eigenvalue weighted by Gasteiger charge is -2.11. The van der Waals surface area contributed by atoms with Gasteiger partial charge >= 0.3 is 0 Å². The SMILES string of the molecule is N#Cc1ccn(-c2nc3n(n2)[C@H](c2ccccc2)C[C@@H]3F)n1. The van der Waals surface area contributed by atoms with Crippen molar-refractivity contribution in [2.45, 2.75) is 18.6 Å². The maximum absolute atomic E-state index is 14.2. The third-order valence-corrected chi connectivity index (χ3v) is 3.74. The molecule has 0 amide bonds. The Morgan fingerprint density at radius 2 is 2.00 bits per heavy atom. The summed E-state index contributed by atoms with van der Waals surface area (Å²) >= 11 is 0. The van der Waals surface area contributed by atoms with Gasteiger partial charge in [0.1, 0.15) is 6.07 Å². The highest BCUT2D eigenvalue weighted by molar-refractivity contribution is 5.26. The fraction of sp³-hybridized carbons (Fsp3) is 0.200. The van der Waals surface area contributed by atoms with E-state index in [1.807, 2.05) is 36.4 Å². The molecule has 1 aromatic carbocycles. The average molecular weight is 294 g/mol. The number of nitriles is 1. The van der Waals surface area contributed by atoms with Crippen LogP contribution in [0.4, 0.5) is 4.39 Å². The second-order valence-corrected chi connectivity index (χ2v) is 5.10. The van der Waals surface area contributed by atoms with Crippen molar-refractivity contribution in [3.8, 4) is 12.0 Å². The fourth-order valence-electron chi connectivity index (χ4n) is 2.71. The van der Waals surface area contributed by atoms with Gasteiger partial charge in [0, 0.05) is 12.6 Å². The molecule has 0 radical (unpaired) electrons. The van der Waals surface area contributed by atoms with Crippen molar-refractivity contribution in [2.24, 2.45) is 0 Å². The van der Waals surface area contributed by atoms with Crippen LogP contribution in [0.15, 0.2) is 42.6 Å². The lowest BCUT2D eigenvalue weighted by molar-refractivity contribution is 0.328. The first kappa shape index (κ1) is 12.7. The van der Waals surface area contributed by atoms with Gasteiger partial charge in [-0.15, -0.1) is 5.10 Å². The molecule has 0 bridgehead atoms. The first-order valence-corrected chi connectivity index (χ1v) is 6.88. The summed E-state index contributed by atoms with van der Waals surface area (Å²) in [6.07, 6.45) is 0.772. The number of hydrogen-bond donors (Lipinski definition) is 0. The number of nitrogens with zero attached hydrogens (tertiary/aromatic N) is 6. The van der Waals surface area contributed by atoms with Gasteiger partial charge in [0.25, 0.3) is 5.95 Å². The molecular formula is C15H11FN6. The van der Waals surface area contributed by atoms with Gasteiger partial charge in [-0.05, 0) is 11.6 Å². The van der Waals surface area contributed by atoms with Crippen molar-refractivity contribution < 1.29 is 4.39 Å². The van der Waals surface area contributed by atoms with Gasteiger partial charge < -0.3 is 0 Å². The summed E-state index contributed by atoms with van der Waals surface area (Å²) in [7, 11) is 0. The fourth-order valence-corrected chi connectivity index (χ4v) is 2.71. The zero-order valence-corrected chi connectivity index (χ0v) is 11.5. The Labute approximate surface area is 125 Å². The molecule has 6 nitrogen and oxygen atoms in total. The van der Waals surface area contributed by atoms with Gasteiger partial charge in [0.05, 0.1) is 6.04 Å². The Morgan fingerprint density at radius 1 is 1.18 bits per heavy atom. The highest BCUT2D eigenvalue weighted by Gasteiger charge is 2.35. The summed E-state index contributed by atoms with van der Waals surface area (Å²) in [5.74, 6) is 0.581. The molecule has 3 heterocycles. The van der Waals surface area contributed by atoms with Crippen molar-refractivity contribution in [2.75, 3.05) is 0 Å². The van der Waals surface area contributed by atoms with Crippen LogP contribution < -0.4 is 0 Å². The second-order valence-electron chi connectivity index (χ2n) is 5.10. The standard InChI is InChI=1S/C15H11FN6/c16-12-8-13(10-4-2-1-3-5-10)22-14(12)18-15(20-22)21-7-6-11(9-17)19-21/h1-7,12-13H,8H2/t12-,13-/m0/s1. The van der Waals surface area contributed by atoms with Crippen molar-refractivity contribution in [1.82, 2.24) is 24.5 Å². The van der Waals surface area contributed by atoms with E-state index < -0.39 is 6.17 Å². The van der Waals surface area contributed by atoms with Crippen LogP contribution in [0.1, 0.15) is 35.7 Å². The Balaban J connectivity index is 1.76. The van der Waals surface area contributed by atoms with Crippen LogP contribution in [0.2, 0.25) is 0 Å². The highest BCUT2D eigenvalue weighted by atomic mass is 19.1. The van der Waals surface area contributed by atoms with Gasteiger partial charge in [-0.1, -0.05) is 30.3 Å². The molecule has 4 rings (SSSR count). The van der Waals surface area contributed by atoms with Crippen molar-refractivity contribution in [1.29, 1.82) is 5.26 Å². The van der Waals surface area contributed by atoms with Crippen LogP contribution >= 0.6 is 0 Å². The molecule has 0 saturated carbocycles. The van der Waals surface area contributed by atoms with Crippen LogP contribution in [-0.4, -0.2) is 24.5 Å². The van der Waals surface area contributed by atoms with Gasteiger partial charge in [-0.3, -0.25) is 0 Å². The summed E-state index contributed by atoms with van der Waals surface area (Å²) in [5, 5.41) is 17.2. The van der Waals surface area contributed by atoms with Crippen molar-refractivity contribution in [3.63, 3.8) is 0 Å². The Kier molecular flexibility index (Phi) is 2.76. The molecule has 2 atom stereocenters. The van der Waals surface area contributed by atoms with E-state index in [9.17, 15) is 4.39 Å². The van der Waals surface area contributed by atoms with Crippen LogP contribution in [0.5, 0.6) is 0 Å². The van der Waals surface area contributed by atoms with Crippen LogP contribution in [0.25, 0.3) is 5.95 Å². The molecule has 1 aliphatic heterocycles. The van der Waals surface area contributed by atoms with E-state index in [-0.39, 0.29) is 17.7 Å². The molecule has 0 unspecified atom stereocenters. The molecule has 0 fully saturated rings. The van der Waals surface area contributed by atoms with Crippen molar-refractivity contribution >= 4 is 0 Å². The van der Waals surface area contributed by atoms with E-state index in [4.69, 9.17) is 5.26 Å². The van der Waals surface area contributed by atoms with Crippen LogP contribution in [0.3, 0.4) is 0 Å². The molecule has 1 aliphatic rings. The largest absolute Gasteiger partial charge is 0.269 e. The maximum atomic E-state index is 14.2. The zero-order chi connectivity index (χ0) is 15.1. The van der Waals surface area contributed by atoms with Gasteiger partial charge in [0.15, 0.2) is 17.7 Å². The molecule has 3 aromatic rings. The van der Waals surface area contributed by atoms with E-state index in [2.05, 4.69) is 15.2 Å². The Bertz CT molecular complexity index is 860. The molecule has 108 valence electrons. The van der Waals surface area contributed by atoms with Gasteiger partial charge in [0.2, 0.25) is 0 Å². The molecule has 0 saturated heterocycles. The number of fused-ring (bicyclic) bond motifs is 1. The van der Waals surface area contributed by atoms with Gasteiger partial charge in [-0.25, -0.2) is 13.8 Å². The van der Waals surface area contributed by atoms with E-state index in [0.29, 0.717) is 12.2 Å². The number of hydrogen-bond acceptors (Lipinski definition) is 4. The predicted octanol–water partition coefficient (Wildman–Crippen LogP) is 2.34. The predicted molar refractivity (Wildman–Crippen MR) is 74.9 cm³/mol. The number of alkyl halides is 1. The molecule has 2 aromatic heterocycles. The quantitative estimate of drug-likeness (QED) is 0.727. The summed E-state index contributed by atoms with van der Waals surface area (Å²) in [5.41, 5.74) is 1.27. The topological polar surface area (TPSA) is 72.3 Å². The lowest BCUT2D eigenvalue weighted by Crippen LogP contribution is -2.08. The number of benzene rings is 1.